The molecule has 1 aliphatic rings. The van der Waals surface area contributed by atoms with E-state index in [9.17, 15) is 14.4 Å². The minimum atomic E-state index is -0.673. The van der Waals surface area contributed by atoms with E-state index in [-0.39, 0.29) is 12.3 Å². The van der Waals surface area contributed by atoms with Crippen molar-refractivity contribution in [2.75, 3.05) is 0 Å². The zero-order chi connectivity index (χ0) is 12.8. The Labute approximate surface area is 99.3 Å². The third kappa shape index (κ3) is 3.41. The molecule has 17 heavy (non-hydrogen) atoms. The molecule has 0 aromatic rings. The molecule has 1 heterocycles. The lowest BCUT2D eigenvalue weighted by atomic mass is 10.1. The van der Waals surface area contributed by atoms with Crippen LogP contribution in [0.5, 0.6) is 0 Å². The zero-order valence-corrected chi connectivity index (χ0v) is 9.36. The molecule has 0 bridgehead atoms. The highest BCUT2D eigenvalue weighted by atomic mass is 16.2. The Bertz CT molecular complexity index is 410. The second-order valence-corrected chi connectivity index (χ2v) is 3.54. The number of hydrogen-bond acceptors (Lipinski definition) is 3. The van der Waals surface area contributed by atoms with E-state index in [2.05, 4.69) is 23.8 Å². The lowest BCUT2D eigenvalue weighted by molar-refractivity contribution is -0.136. The van der Waals surface area contributed by atoms with Gasteiger partial charge in [0, 0.05) is 12.0 Å². The summed E-state index contributed by atoms with van der Waals surface area (Å²) in [5, 5.41) is 4.70. The SMILES string of the molecule is C=C/C=C(\C=C)C(=O)NC1CCC(=O)NC1=O. The van der Waals surface area contributed by atoms with E-state index in [1.165, 1.54) is 18.2 Å². The number of nitrogens with one attached hydrogen (secondary N) is 2. The molecular formula is C12H14N2O3. The van der Waals surface area contributed by atoms with Gasteiger partial charge in [-0.25, -0.2) is 0 Å². The maximum absolute atomic E-state index is 11.7. The van der Waals surface area contributed by atoms with Gasteiger partial charge in [0.15, 0.2) is 0 Å². The molecule has 1 fully saturated rings. The van der Waals surface area contributed by atoms with Gasteiger partial charge in [-0.05, 0) is 6.42 Å². The third-order valence-electron chi connectivity index (χ3n) is 2.32. The molecule has 5 heteroatoms. The summed E-state index contributed by atoms with van der Waals surface area (Å²) in [5.74, 6) is -1.20. The molecule has 5 nitrogen and oxygen atoms in total. The number of rotatable bonds is 4. The first kappa shape index (κ1) is 12.9. The van der Waals surface area contributed by atoms with Crippen LogP contribution in [0.1, 0.15) is 12.8 Å². The molecule has 0 saturated carbocycles. The number of hydrogen-bond donors (Lipinski definition) is 2. The van der Waals surface area contributed by atoms with E-state index in [1.54, 1.807) is 0 Å². The average Bonchev–Trinajstić information content (AvgIpc) is 2.29. The molecule has 1 saturated heterocycles. The van der Waals surface area contributed by atoms with Crippen LogP contribution in [-0.4, -0.2) is 23.8 Å². The van der Waals surface area contributed by atoms with E-state index in [0.29, 0.717) is 12.0 Å². The minimum Gasteiger partial charge on any atom is -0.340 e. The van der Waals surface area contributed by atoms with Gasteiger partial charge in [0.2, 0.25) is 11.8 Å². The van der Waals surface area contributed by atoms with Gasteiger partial charge >= 0.3 is 0 Å². The zero-order valence-electron chi connectivity index (χ0n) is 9.36. The summed E-state index contributed by atoms with van der Waals surface area (Å²) in [7, 11) is 0. The number of imide groups is 1. The topological polar surface area (TPSA) is 75.3 Å². The summed E-state index contributed by atoms with van der Waals surface area (Å²) in [5.41, 5.74) is 0.324. The molecular weight excluding hydrogens is 220 g/mol. The van der Waals surface area contributed by atoms with Crippen LogP contribution in [0.25, 0.3) is 0 Å². The highest BCUT2D eigenvalue weighted by Crippen LogP contribution is 2.06. The minimum absolute atomic E-state index is 0.227. The van der Waals surface area contributed by atoms with Crippen LogP contribution in [0.15, 0.2) is 37.0 Å². The molecule has 0 radical (unpaired) electrons. The standard InChI is InChI=1S/C12H14N2O3/c1-3-5-8(4-2)11(16)13-9-6-7-10(15)14-12(9)17/h3-5,9H,1-2,6-7H2,(H,13,16)(H,14,15,17)/b8-5+. The Morgan fingerprint density at radius 3 is 2.65 bits per heavy atom. The van der Waals surface area contributed by atoms with Gasteiger partial charge in [-0.15, -0.1) is 0 Å². The van der Waals surface area contributed by atoms with Crippen molar-refractivity contribution < 1.29 is 14.4 Å². The number of carbonyl (C=O) groups is 3. The average molecular weight is 234 g/mol. The van der Waals surface area contributed by atoms with Gasteiger partial charge in [-0.1, -0.05) is 31.4 Å². The summed E-state index contributed by atoms with van der Waals surface area (Å²) < 4.78 is 0. The van der Waals surface area contributed by atoms with E-state index in [4.69, 9.17) is 0 Å². The van der Waals surface area contributed by atoms with Gasteiger partial charge in [0.25, 0.3) is 5.91 Å². The van der Waals surface area contributed by atoms with Gasteiger partial charge in [0.05, 0.1) is 0 Å². The fourth-order valence-electron chi connectivity index (χ4n) is 1.44. The normalized spacial score (nSPS) is 20.5. The summed E-state index contributed by atoms with van der Waals surface area (Å²) in [4.78, 5) is 34.0. The first-order valence-electron chi connectivity index (χ1n) is 5.18. The van der Waals surface area contributed by atoms with Crippen molar-refractivity contribution >= 4 is 17.7 Å². The quantitative estimate of drug-likeness (QED) is 0.414. The summed E-state index contributed by atoms with van der Waals surface area (Å²) in [6, 6.07) is -0.673. The Balaban J connectivity index is 2.65. The van der Waals surface area contributed by atoms with E-state index < -0.39 is 17.9 Å². The van der Waals surface area contributed by atoms with Crippen LogP contribution in [0.2, 0.25) is 0 Å². The number of piperidine rings is 1. The van der Waals surface area contributed by atoms with Crippen LogP contribution < -0.4 is 10.6 Å². The molecule has 1 unspecified atom stereocenters. The molecule has 0 aromatic heterocycles. The van der Waals surface area contributed by atoms with Gasteiger partial charge < -0.3 is 5.32 Å². The third-order valence-corrected chi connectivity index (χ3v) is 2.32. The monoisotopic (exact) mass is 234 g/mol. The van der Waals surface area contributed by atoms with Crippen molar-refractivity contribution in [1.82, 2.24) is 10.6 Å². The van der Waals surface area contributed by atoms with E-state index >= 15 is 0 Å². The molecule has 1 atom stereocenters. The van der Waals surface area contributed by atoms with Crippen LogP contribution in [-0.2, 0) is 14.4 Å². The summed E-state index contributed by atoms with van der Waals surface area (Å²) in [6.07, 6.45) is 4.87. The van der Waals surface area contributed by atoms with Crippen LogP contribution in [0.3, 0.4) is 0 Å². The van der Waals surface area contributed by atoms with Crippen molar-refractivity contribution in [2.24, 2.45) is 0 Å². The van der Waals surface area contributed by atoms with Crippen molar-refractivity contribution in [1.29, 1.82) is 0 Å². The summed E-state index contributed by atoms with van der Waals surface area (Å²) in [6.45, 7) is 6.97. The van der Waals surface area contributed by atoms with Gasteiger partial charge in [-0.3, -0.25) is 19.7 Å². The lowest BCUT2D eigenvalue weighted by Gasteiger charge is -2.21. The predicted octanol–water partition coefficient (Wildman–Crippen LogP) is 0.206. The molecule has 2 N–H and O–H groups in total. The largest absolute Gasteiger partial charge is 0.340 e. The van der Waals surface area contributed by atoms with Crippen LogP contribution >= 0.6 is 0 Å². The molecule has 1 aliphatic heterocycles. The lowest BCUT2D eigenvalue weighted by Crippen LogP contribution is -2.52. The number of amides is 3. The molecule has 3 amide bonds. The number of carbonyl (C=O) groups excluding carboxylic acids is 3. The highest BCUT2D eigenvalue weighted by molar-refractivity contribution is 6.04. The Kier molecular flexibility index (Phi) is 4.39. The molecule has 0 aromatic carbocycles. The van der Waals surface area contributed by atoms with Crippen molar-refractivity contribution in [3.8, 4) is 0 Å². The van der Waals surface area contributed by atoms with Crippen LogP contribution in [0, 0.1) is 0 Å². The van der Waals surface area contributed by atoms with Gasteiger partial charge in [-0.2, -0.15) is 0 Å². The fraction of sp³-hybridized carbons (Fsp3) is 0.250. The predicted molar refractivity (Wildman–Crippen MR) is 62.8 cm³/mol. The second kappa shape index (κ2) is 5.79. The van der Waals surface area contributed by atoms with Gasteiger partial charge in [0.1, 0.15) is 6.04 Å². The summed E-state index contributed by atoms with van der Waals surface area (Å²) >= 11 is 0. The van der Waals surface area contributed by atoms with E-state index in [1.807, 2.05) is 0 Å². The first-order valence-corrected chi connectivity index (χ1v) is 5.18. The molecule has 90 valence electrons. The Hall–Kier alpha value is -2.17. The smallest absolute Gasteiger partial charge is 0.251 e. The van der Waals surface area contributed by atoms with E-state index in [0.717, 1.165) is 0 Å². The van der Waals surface area contributed by atoms with Crippen molar-refractivity contribution in [3.05, 3.63) is 37.0 Å². The van der Waals surface area contributed by atoms with Crippen LogP contribution in [0.4, 0.5) is 0 Å². The molecule has 1 rings (SSSR count). The second-order valence-electron chi connectivity index (χ2n) is 3.54. The maximum atomic E-state index is 11.7. The van der Waals surface area contributed by atoms with Crippen molar-refractivity contribution in [2.45, 2.75) is 18.9 Å². The molecule has 0 spiro atoms. The maximum Gasteiger partial charge on any atom is 0.251 e. The Morgan fingerprint density at radius 2 is 2.12 bits per heavy atom. The highest BCUT2D eigenvalue weighted by Gasteiger charge is 2.27. The molecule has 0 aliphatic carbocycles. The number of allylic oxidation sites excluding steroid dienone is 2. The van der Waals surface area contributed by atoms with Crippen molar-refractivity contribution in [3.63, 3.8) is 0 Å². The first-order chi connectivity index (χ1) is 8.08. The fourth-order valence-corrected chi connectivity index (χ4v) is 1.44. The Morgan fingerprint density at radius 1 is 1.41 bits per heavy atom.